The highest BCUT2D eigenvalue weighted by Crippen LogP contribution is 2.23. The molecule has 7 heteroatoms. The van der Waals surface area contributed by atoms with Crippen molar-refractivity contribution in [2.75, 3.05) is 26.0 Å². The molecule has 0 aliphatic rings. The van der Waals surface area contributed by atoms with E-state index in [1.54, 1.807) is 36.4 Å². The van der Waals surface area contributed by atoms with E-state index >= 15 is 0 Å². The maximum Gasteiger partial charge on any atom is 0.257 e. The Kier molecular flexibility index (Phi) is 6.06. The van der Waals surface area contributed by atoms with Crippen molar-refractivity contribution in [3.63, 3.8) is 0 Å². The lowest BCUT2D eigenvalue weighted by atomic mass is 10.1. The molecule has 2 aromatic carbocycles. The van der Waals surface area contributed by atoms with Crippen molar-refractivity contribution in [1.82, 2.24) is 4.90 Å². The van der Waals surface area contributed by atoms with Crippen molar-refractivity contribution >= 4 is 40.7 Å². The molecule has 1 N–H and O–H groups in total. The van der Waals surface area contributed by atoms with Crippen LogP contribution in [0.2, 0.25) is 10.0 Å². The van der Waals surface area contributed by atoms with Crippen LogP contribution in [-0.4, -0.2) is 37.4 Å². The third-order valence-corrected chi connectivity index (χ3v) is 3.73. The first-order valence-corrected chi connectivity index (χ1v) is 7.80. The first-order chi connectivity index (χ1) is 11.4. The predicted molar refractivity (Wildman–Crippen MR) is 95.0 cm³/mol. The van der Waals surface area contributed by atoms with Crippen LogP contribution in [0.15, 0.2) is 42.5 Å². The third-order valence-electron chi connectivity index (χ3n) is 3.25. The average Bonchev–Trinajstić information content (AvgIpc) is 2.56. The Hall–Kier alpha value is -2.24. The van der Waals surface area contributed by atoms with Gasteiger partial charge in [0.25, 0.3) is 5.91 Å². The van der Waals surface area contributed by atoms with Crippen LogP contribution in [0.1, 0.15) is 10.4 Å². The Bertz CT molecular complexity index is 748. The van der Waals surface area contributed by atoms with Gasteiger partial charge in [0, 0.05) is 22.8 Å². The SMILES string of the molecule is COc1ccc(Cl)cc1C(=O)N(C)CC(=O)Nc1ccc(Cl)cc1. The van der Waals surface area contributed by atoms with Crippen molar-refractivity contribution in [2.45, 2.75) is 0 Å². The van der Waals surface area contributed by atoms with Crippen LogP contribution in [-0.2, 0) is 4.79 Å². The standard InChI is InChI=1S/C17H16Cl2N2O3/c1-21(10-16(22)20-13-6-3-11(18)4-7-13)17(23)14-9-12(19)5-8-15(14)24-2/h3-9H,10H2,1-2H3,(H,20,22). The maximum absolute atomic E-state index is 12.5. The number of likely N-dealkylation sites (N-methyl/N-ethyl adjacent to an activating group) is 1. The molecule has 0 atom stereocenters. The summed E-state index contributed by atoms with van der Waals surface area (Å²) in [5.41, 5.74) is 0.900. The molecule has 0 radical (unpaired) electrons. The molecule has 0 aliphatic heterocycles. The molecule has 2 rings (SSSR count). The Morgan fingerprint density at radius 3 is 2.33 bits per heavy atom. The van der Waals surface area contributed by atoms with Gasteiger partial charge in [0.1, 0.15) is 5.75 Å². The van der Waals surface area contributed by atoms with E-state index in [9.17, 15) is 9.59 Å². The smallest absolute Gasteiger partial charge is 0.257 e. The van der Waals surface area contributed by atoms with Crippen LogP contribution < -0.4 is 10.1 Å². The zero-order valence-electron chi connectivity index (χ0n) is 13.2. The van der Waals surface area contributed by atoms with Gasteiger partial charge >= 0.3 is 0 Å². The maximum atomic E-state index is 12.5. The summed E-state index contributed by atoms with van der Waals surface area (Å²) < 4.78 is 5.16. The molecule has 0 saturated carbocycles. The van der Waals surface area contributed by atoms with Crippen molar-refractivity contribution in [3.8, 4) is 5.75 Å². The molecule has 0 bridgehead atoms. The van der Waals surface area contributed by atoms with Crippen LogP contribution in [0.5, 0.6) is 5.75 Å². The number of anilines is 1. The minimum Gasteiger partial charge on any atom is -0.496 e. The van der Waals surface area contributed by atoms with Gasteiger partial charge in [-0.2, -0.15) is 0 Å². The van der Waals surface area contributed by atoms with E-state index in [1.165, 1.54) is 25.1 Å². The second kappa shape index (κ2) is 8.04. The van der Waals surface area contributed by atoms with E-state index in [2.05, 4.69) is 5.32 Å². The minimum atomic E-state index is -0.361. The summed E-state index contributed by atoms with van der Waals surface area (Å²) in [6.07, 6.45) is 0. The monoisotopic (exact) mass is 366 g/mol. The number of rotatable bonds is 5. The molecule has 0 aliphatic carbocycles. The van der Waals surface area contributed by atoms with Gasteiger partial charge in [-0.1, -0.05) is 23.2 Å². The van der Waals surface area contributed by atoms with Gasteiger partial charge in [0.2, 0.25) is 5.91 Å². The Morgan fingerprint density at radius 2 is 1.71 bits per heavy atom. The number of nitrogens with zero attached hydrogens (tertiary/aromatic N) is 1. The number of amides is 2. The van der Waals surface area contributed by atoms with Crippen molar-refractivity contribution in [2.24, 2.45) is 0 Å². The molecule has 0 spiro atoms. The highest BCUT2D eigenvalue weighted by molar-refractivity contribution is 6.31. The fraction of sp³-hybridized carbons (Fsp3) is 0.176. The molecular formula is C17H16Cl2N2O3. The van der Waals surface area contributed by atoms with Crippen molar-refractivity contribution in [3.05, 3.63) is 58.1 Å². The summed E-state index contributed by atoms with van der Waals surface area (Å²) >= 11 is 11.7. The largest absolute Gasteiger partial charge is 0.496 e. The van der Waals surface area contributed by atoms with Crippen LogP contribution in [0, 0.1) is 0 Å². The van der Waals surface area contributed by atoms with E-state index in [1.807, 2.05) is 0 Å². The van der Waals surface area contributed by atoms with E-state index in [4.69, 9.17) is 27.9 Å². The highest BCUT2D eigenvalue weighted by atomic mass is 35.5. The fourth-order valence-corrected chi connectivity index (χ4v) is 2.37. The molecule has 24 heavy (non-hydrogen) atoms. The van der Waals surface area contributed by atoms with Gasteiger partial charge in [-0.05, 0) is 42.5 Å². The second-order valence-corrected chi connectivity index (χ2v) is 5.93. The predicted octanol–water partition coefficient (Wildman–Crippen LogP) is 3.71. The molecule has 2 aromatic rings. The van der Waals surface area contributed by atoms with Crippen molar-refractivity contribution < 1.29 is 14.3 Å². The number of halogens is 2. The molecule has 0 heterocycles. The topological polar surface area (TPSA) is 58.6 Å². The van der Waals surface area contributed by atoms with Crippen LogP contribution in [0.3, 0.4) is 0 Å². The van der Waals surface area contributed by atoms with E-state index in [0.717, 1.165) is 0 Å². The third kappa shape index (κ3) is 4.63. The lowest BCUT2D eigenvalue weighted by Crippen LogP contribution is -2.35. The zero-order valence-corrected chi connectivity index (χ0v) is 14.7. The molecular weight excluding hydrogens is 351 g/mol. The Balaban J connectivity index is 2.04. The highest BCUT2D eigenvalue weighted by Gasteiger charge is 2.19. The summed E-state index contributed by atoms with van der Waals surface area (Å²) in [6, 6.07) is 11.5. The normalized spacial score (nSPS) is 10.2. The van der Waals surface area contributed by atoms with Gasteiger partial charge in [-0.15, -0.1) is 0 Å². The van der Waals surface area contributed by atoms with Gasteiger partial charge in [0.05, 0.1) is 19.2 Å². The lowest BCUT2D eigenvalue weighted by Gasteiger charge is -2.18. The number of nitrogens with one attached hydrogen (secondary N) is 1. The summed E-state index contributed by atoms with van der Waals surface area (Å²) in [5, 5.41) is 3.69. The van der Waals surface area contributed by atoms with Crippen LogP contribution in [0.25, 0.3) is 0 Å². The molecule has 0 aromatic heterocycles. The van der Waals surface area contributed by atoms with Gasteiger partial charge in [0.15, 0.2) is 0 Å². The van der Waals surface area contributed by atoms with Crippen LogP contribution >= 0.6 is 23.2 Å². The Morgan fingerprint density at radius 1 is 1.08 bits per heavy atom. The zero-order chi connectivity index (χ0) is 17.7. The molecule has 5 nitrogen and oxygen atoms in total. The van der Waals surface area contributed by atoms with Crippen LogP contribution in [0.4, 0.5) is 5.69 Å². The van der Waals surface area contributed by atoms with E-state index < -0.39 is 0 Å². The van der Waals surface area contributed by atoms with Gasteiger partial charge < -0.3 is 15.0 Å². The van der Waals surface area contributed by atoms with Crippen molar-refractivity contribution in [1.29, 1.82) is 0 Å². The number of ether oxygens (including phenoxy) is 1. The summed E-state index contributed by atoms with van der Waals surface area (Å²) in [4.78, 5) is 25.9. The molecule has 0 saturated heterocycles. The Labute approximate surface area is 150 Å². The number of hydrogen-bond acceptors (Lipinski definition) is 3. The first kappa shape index (κ1) is 18.1. The fourth-order valence-electron chi connectivity index (χ4n) is 2.07. The average molecular weight is 367 g/mol. The molecule has 2 amide bonds. The lowest BCUT2D eigenvalue weighted by molar-refractivity contribution is -0.116. The molecule has 126 valence electrons. The summed E-state index contributed by atoms with van der Waals surface area (Å²) in [7, 11) is 3.00. The number of benzene rings is 2. The minimum absolute atomic E-state index is 0.114. The quantitative estimate of drug-likeness (QED) is 0.877. The summed E-state index contributed by atoms with van der Waals surface area (Å²) in [5.74, 6) is -0.288. The van der Waals surface area contributed by atoms with Gasteiger partial charge in [-0.3, -0.25) is 9.59 Å². The van der Waals surface area contributed by atoms with Gasteiger partial charge in [-0.25, -0.2) is 0 Å². The van der Waals surface area contributed by atoms with E-state index in [-0.39, 0.29) is 18.4 Å². The molecule has 0 fully saturated rings. The summed E-state index contributed by atoms with van der Waals surface area (Å²) in [6.45, 7) is -0.114. The second-order valence-electron chi connectivity index (χ2n) is 5.06. The first-order valence-electron chi connectivity index (χ1n) is 7.05. The number of hydrogen-bond donors (Lipinski definition) is 1. The van der Waals surface area contributed by atoms with E-state index in [0.29, 0.717) is 27.0 Å². The number of carbonyl (C=O) groups is 2. The molecule has 0 unspecified atom stereocenters. The number of methoxy groups -OCH3 is 1. The number of carbonyl (C=O) groups excluding carboxylic acids is 2.